The van der Waals surface area contributed by atoms with E-state index >= 15 is 0 Å². The van der Waals surface area contributed by atoms with Gasteiger partial charge in [-0.1, -0.05) is 0 Å². The number of aryl methyl sites for hydroxylation is 1. The molecule has 1 aromatic heterocycles. The number of nitrogens with zero attached hydrogens (tertiary/aromatic N) is 3. The van der Waals surface area contributed by atoms with Gasteiger partial charge < -0.3 is 14.7 Å². The van der Waals surface area contributed by atoms with E-state index in [1.54, 1.807) is 34.8 Å². The number of halogens is 2. The Kier molecular flexibility index (Phi) is 5.99. The Labute approximate surface area is 178 Å². The van der Waals surface area contributed by atoms with Crippen LogP contribution >= 0.6 is 0 Å². The van der Waals surface area contributed by atoms with Crippen LogP contribution in [0.5, 0.6) is 5.75 Å². The number of hydrogen-bond acceptors (Lipinski definition) is 4. The molecule has 1 N–H and O–H groups in total. The van der Waals surface area contributed by atoms with Gasteiger partial charge in [0.2, 0.25) is 0 Å². The van der Waals surface area contributed by atoms with Gasteiger partial charge in [-0.05, 0) is 66.6 Å². The number of aromatic nitrogens is 2. The Morgan fingerprint density at radius 2 is 1.65 bits per heavy atom. The lowest BCUT2D eigenvalue weighted by Crippen LogP contribution is -2.33. The highest BCUT2D eigenvalue weighted by Gasteiger charge is 2.30. The lowest BCUT2D eigenvalue weighted by molar-refractivity contribution is 0.0349. The Balaban J connectivity index is 1.45. The molecule has 1 fully saturated rings. The van der Waals surface area contributed by atoms with E-state index in [0.717, 1.165) is 5.56 Å². The highest BCUT2D eigenvalue weighted by atomic mass is 19.1. The van der Waals surface area contributed by atoms with Crippen LogP contribution in [0.2, 0.25) is 0 Å². The monoisotopic (exact) mass is 427 g/mol. The molecule has 2 aromatic carbocycles. The fourth-order valence-corrected chi connectivity index (χ4v) is 3.71. The van der Waals surface area contributed by atoms with E-state index in [1.165, 1.54) is 36.4 Å². The molecule has 0 radical (unpaired) electrons. The standard InChI is InChI=1S/C23H23F2N3O3/c1-27-20(15-2-4-16(24)5-3-15)14-19(26-27)23(30)28-12-10-21(29)22(11-13-28)31-18-8-6-17(25)7-9-18/h2-9,14,21-22,29H,10-13H2,1H3/t21-,22-/m0/s1. The van der Waals surface area contributed by atoms with Gasteiger partial charge in [-0.3, -0.25) is 9.48 Å². The molecule has 4 rings (SSSR count). The summed E-state index contributed by atoms with van der Waals surface area (Å²) in [4.78, 5) is 14.7. The van der Waals surface area contributed by atoms with E-state index < -0.39 is 12.2 Å². The van der Waals surface area contributed by atoms with Crippen LogP contribution in [0, 0.1) is 11.6 Å². The zero-order chi connectivity index (χ0) is 22.0. The van der Waals surface area contributed by atoms with Crippen LogP contribution < -0.4 is 4.74 Å². The van der Waals surface area contributed by atoms with Crippen molar-refractivity contribution >= 4 is 5.91 Å². The topological polar surface area (TPSA) is 67.6 Å². The number of amides is 1. The van der Waals surface area contributed by atoms with Gasteiger partial charge in [0.25, 0.3) is 5.91 Å². The molecule has 31 heavy (non-hydrogen) atoms. The second-order valence-electron chi connectivity index (χ2n) is 7.59. The van der Waals surface area contributed by atoms with Crippen molar-refractivity contribution in [2.75, 3.05) is 13.1 Å². The Bertz CT molecular complexity index is 1050. The van der Waals surface area contributed by atoms with Gasteiger partial charge in [0.1, 0.15) is 23.5 Å². The summed E-state index contributed by atoms with van der Waals surface area (Å²) in [6, 6.07) is 13.3. The van der Waals surface area contributed by atoms with Gasteiger partial charge in [-0.2, -0.15) is 5.10 Å². The smallest absolute Gasteiger partial charge is 0.274 e. The summed E-state index contributed by atoms with van der Waals surface area (Å²) < 4.78 is 33.7. The van der Waals surface area contributed by atoms with E-state index in [2.05, 4.69) is 5.10 Å². The first-order valence-corrected chi connectivity index (χ1v) is 10.1. The highest BCUT2D eigenvalue weighted by molar-refractivity contribution is 5.93. The molecule has 1 saturated heterocycles. The Morgan fingerprint density at radius 3 is 2.32 bits per heavy atom. The summed E-state index contributed by atoms with van der Waals surface area (Å²) in [7, 11) is 1.73. The van der Waals surface area contributed by atoms with Gasteiger partial charge in [0.05, 0.1) is 11.8 Å². The fourth-order valence-electron chi connectivity index (χ4n) is 3.71. The average Bonchev–Trinajstić information content (AvgIpc) is 3.06. The number of rotatable bonds is 4. The first-order chi connectivity index (χ1) is 14.9. The van der Waals surface area contributed by atoms with Gasteiger partial charge >= 0.3 is 0 Å². The van der Waals surface area contributed by atoms with Crippen molar-refractivity contribution in [2.24, 2.45) is 7.05 Å². The summed E-state index contributed by atoms with van der Waals surface area (Å²) in [5.41, 5.74) is 1.75. The van der Waals surface area contributed by atoms with Crippen molar-refractivity contribution in [1.82, 2.24) is 14.7 Å². The minimum absolute atomic E-state index is 0.237. The third kappa shape index (κ3) is 4.74. The molecule has 0 spiro atoms. The average molecular weight is 427 g/mol. The molecule has 2 heterocycles. The maximum atomic E-state index is 13.2. The first-order valence-electron chi connectivity index (χ1n) is 10.1. The molecule has 0 bridgehead atoms. The summed E-state index contributed by atoms with van der Waals surface area (Å²) >= 11 is 0. The second kappa shape index (κ2) is 8.85. The van der Waals surface area contributed by atoms with E-state index in [-0.39, 0.29) is 23.2 Å². The zero-order valence-electron chi connectivity index (χ0n) is 17.0. The normalized spacial score (nSPS) is 19.2. The van der Waals surface area contributed by atoms with E-state index in [1.807, 2.05) is 0 Å². The highest BCUT2D eigenvalue weighted by Crippen LogP contribution is 2.23. The van der Waals surface area contributed by atoms with Gasteiger partial charge in [-0.25, -0.2) is 8.78 Å². The summed E-state index contributed by atoms with van der Waals surface area (Å²) in [6.07, 6.45) is -0.458. The van der Waals surface area contributed by atoms with Gasteiger partial charge in [-0.15, -0.1) is 0 Å². The first kappa shape index (κ1) is 21.0. The molecule has 8 heteroatoms. The molecule has 1 aliphatic rings. The van der Waals surface area contributed by atoms with Crippen LogP contribution in [0.15, 0.2) is 54.6 Å². The molecule has 162 valence electrons. The summed E-state index contributed by atoms with van der Waals surface area (Å²) in [5, 5.41) is 14.8. The van der Waals surface area contributed by atoms with Crippen LogP contribution in [0.4, 0.5) is 8.78 Å². The number of likely N-dealkylation sites (tertiary alicyclic amines) is 1. The van der Waals surface area contributed by atoms with Crippen molar-refractivity contribution < 1.29 is 23.4 Å². The van der Waals surface area contributed by atoms with Crippen molar-refractivity contribution in [3.8, 4) is 17.0 Å². The van der Waals surface area contributed by atoms with Crippen LogP contribution in [-0.4, -0.2) is 51.0 Å². The Hall–Kier alpha value is -3.26. The maximum Gasteiger partial charge on any atom is 0.274 e. The van der Waals surface area contributed by atoms with Crippen molar-refractivity contribution in [3.63, 3.8) is 0 Å². The summed E-state index contributed by atoms with van der Waals surface area (Å²) in [6.45, 7) is 0.760. The van der Waals surface area contributed by atoms with Crippen LogP contribution in [-0.2, 0) is 7.05 Å². The van der Waals surface area contributed by atoms with Gasteiger partial charge in [0, 0.05) is 26.6 Å². The number of aliphatic hydroxyl groups is 1. The van der Waals surface area contributed by atoms with Crippen LogP contribution in [0.25, 0.3) is 11.3 Å². The molecule has 1 aliphatic heterocycles. The number of carbonyl (C=O) groups is 1. The van der Waals surface area contributed by atoms with E-state index in [4.69, 9.17) is 4.74 Å². The molecular weight excluding hydrogens is 404 g/mol. The number of carbonyl (C=O) groups excluding carboxylic acids is 1. The van der Waals surface area contributed by atoms with Crippen molar-refractivity contribution in [3.05, 3.63) is 71.9 Å². The quantitative estimate of drug-likeness (QED) is 0.693. The third-order valence-corrected chi connectivity index (χ3v) is 5.43. The zero-order valence-corrected chi connectivity index (χ0v) is 17.0. The van der Waals surface area contributed by atoms with E-state index in [0.29, 0.717) is 37.4 Å². The molecule has 2 atom stereocenters. The molecule has 1 amide bonds. The Morgan fingerprint density at radius 1 is 1.03 bits per heavy atom. The molecule has 0 saturated carbocycles. The van der Waals surface area contributed by atoms with E-state index in [9.17, 15) is 18.7 Å². The van der Waals surface area contributed by atoms with Crippen molar-refractivity contribution in [1.29, 1.82) is 0 Å². The second-order valence-corrected chi connectivity index (χ2v) is 7.59. The largest absolute Gasteiger partial charge is 0.488 e. The molecule has 0 unspecified atom stereocenters. The molecule has 3 aromatic rings. The number of hydrogen-bond donors (Lipinski definition) is 1. The van der Waals surface area contributed by atoms with Crippen LogP contribution in [0.3, 0.4) is 0 Å². The molecular formula is C23H23F2N3O3. The SMILES string of the molecule is Cn1nc(C(=O)N2CC[C@H](Oc3ccc(F)cc3)[C@@H](O)CC2)cc1-c1ccc(F)cc1. The lowest BCUT2D eigenvalue weighted by Gasteiger charge is -2.21. The number of aliphatic hydroxyl groups excluding tert-OH is 1. The fraction of sp³-hybridized carbons (Fsp3) is 0.304. The van der Waals surface area contributed by atoms with Gasteiger partial charge in [0.15, 0.2) is 5.69 Å². The van der Waals surface area contributed by atoms with Crippen LogP contribution in [0.1, 0.15) is 23.3 Å². The number of benzene rings is 2. The lowest BCUT2D eigenvalue weighted by atomic mass is 10.1. The summed E-state index contributed by atoms with van der Waals surface area (Å²) in [5.74, 6) is -0.457. The number of ether oxygens (including phenoxy) is 1. The predicted molar refractivity (Wildman–Crippen MR) is 111 cm³/mol. The maximum absolute atomic E-state index is 13.2. The third-order valence-electron chi connectivity index (χ3n) is 5.43. The minimum Gasteiger partial charge on any atom is -0.488 e. The minimum atomic E-state index is -0.749. The molecule has 6 nitrogen and oxygen atoms in total. The predicted octanol–water partition coefficient (Wildman–Crippen LogP) is 3.41. The van der Waals surface area contributed by atoms with Crippen molar-refractivity contribution in [2.45, 2.75) is 25.0 Å². The molecule has 0 aliphatic carbocycles.